The number of rotatable bonds is 11. The molecule has 3 aromatic heterocycles. The van der Waals surface area contributed by atoms with Gasteiger partial charge in [-0.2, -0.15) is 0 Å². The van der Waals surface area contributed by atoms with Crippen LogP contribution in [0.4, 0.5) is 20.3 Å². The maximum atomic E-state index is 14.9. The van der Waals surface area contributed by atoms with Crippen molar-refractivity contribution in [2.45, 2.75) is 57.7 Å². The Balaban J connectivity index is 1.19. The second-order valence-corrected chi connectivity index (χ2v) is 11.8. The van der Waals surface area contributed by atoms with Crippen LogP contribution in [-0.4, -0.2) is 56.4 Å². The lowest BCUT2D eigenvalue weighted by Gasteiger charge is -2.42. The van der Waals surface area contributed by atoms with E-state index in [0.29, 0.717) is 47.1 Å². The monoisotopic (exact) mass is 616 g/mol. The summed E-state index contributed by atoms with van der Waals surface area (Å²) >= 11 is 0. The molecule has 4 aromatic rings. The van der Waals surface area contributed by atoms with E-state index in [0.717, 1.165) is 37.2 Å². The molecular formula is C32H34F2N8O3. The normalized spacial score (nSPS) is 19.6. The van der Waals surface area contributed by atoms with Crippen LogP contribution in [0.2, 0.25) is 0 Å². The van der Waals surface area contributed by atoms with Crippen molar-refractivity contribution in [3.8, 4) is 11.4 Å². The van der Waals surface area contributed by atoms with Gasteiger partial charge in [-0.25, -0.2) is 23.7 Å². The van der Waals surface area contributed by atoms with Gasteiger partial charge < -0.3 is 25.8 Å². The molecule has 3 amide bonds. The number of amides is 3. The lowest BCUT2D eigenvalue weighted by molar-refractivity contribution is -0.126. The number of pyridine rings is 1. The number of anilines is 2. The molecule has 0 radical (unpaired) electrons. The highest BCUT2D eigenvalue weighted by atomic mass is 19.1. The Hall–Kier alpha value is -4.94. The molecule has 4 N–H and O–H groups in total. The molecule has 3 fully saturated rings. The predicted octanol–water partition coefficient (Wildman–Crippen LogP) is 4.00. The van der Waals surface area contributed by atoms with E-state index in [9.17, 15) is 23.2 Å². The molecule has 3 aliphatic rings. The molecular weight excluding hydrogens is 582 g/mol. The van der Waals surface area contributed by atoms with Crippen molar-refractivity contribution < 1.29 is 23.2 Å². The topological polar surface area (TPSA) is 143 Å². The minimum absolute atomic E-state index is 0.159. The SMILES string of the molecule is CC(NC(=O)CNC=O)C(=O)Nc1ccc(Cn2cc(-c3ncc(F)c(NC4CC5CCC4CC5)n3)c3cc(F)cnc32)cc1. The van der Waals surface area contributed by atoms with Gasteiger partial charge in [-0.1, -0.05) is 25.0 Å². The van der Waals surface area contributed by atoms with Crippen LogP contribution in [0.1, 0.15) is 44.6 Å². The molecule has 3 heterocycles. The molecule has 13 heteroatoms. The van der Waals surface area contributed by atoms with E-state index in [2.05, 4.69) is 36.2 Å². The molecule has 7 rings (SSSR count). The molecule has 0 aliphatic heterocycles. The number of aromatic nitrogens is 4. The average molecular weight is 617 g/mol. The van der Waals surface area contributed by atoms with Gasteiger partial charge in [0.15, 0.2) is 17.5 Å². The van der Waals surface area contributed by atoms with E-state index in [1.54, 1.807) is 18.3 Å². The first-order chi connectivity index (χ1) is 21.8. The molecule has 2 unspecified atom stereocenters. The van der Waals surface area contributed by atoms with Crippen LogP contribution in [0.15, 0.2) is 48.9 Å². The van der Waals surface area contributed by atoms with Gasteiger partial charge in [0.25, 0.3) is 0 Å². The molecule has 1 aromatic carbocycles. The van der Waals surface area contributed by atoms with Gasteiger partial charge in [0, 0.05) is 35.4 Å². The van der Waals surface area contributed by atoms with Gasteiger partial charge >= 0.3 is 0 Å². The zero-order chi connectivity index (χ0) is 31.5. The number of hydrogen-bond acceptors (Lipinski definition) is 7. The fourth-order valence-corrected chi connectivity index (χ4v) is 6.41. The Morgan fingerprint density at radius 2 is 1.87 bits per heavy atom. The Kier molecular flexibility index (Phi) is 8.67. The van der Waals surface area contributed by atoms with Crippen molar-refractivity contribution >= 4 is 40.8 Å². The van der Waals surface area contributed by atoms with Crippen LogP contribution in [0.5, 0.6) is 0 Å². The Morgan fingerprint density at radius 3 is 2.58 bits per heavy atom. The van der Waals surface area contributed by atoms with Crippen molar-refractivity contribution in [2.24, 2.45) is 11.8 Å². The number of fused-ring (bicyclic) bond motifs is 4. The van der Waals surface area contributed by atoms with Gasteiger partial charge in [0.1, 0.15) is 17.5 Å². The third-order valence-corrected chi connectivity index (χ3v) is 8.73. The number of carbonyl (C=O) groups excluding carboxylic acids is 3. The molecule has 2 bridgehead atoms. The summed E-state index contributed by atoms with van der Waals surface area (Å²) in [4.78, 5) is 47.8. The first kappa shape index (κ1) is 30.1. The number of nitrogens with one attached hydrogen (secondary N) is 4. The fourth-order valence-electron chi connectivity index (χ4n) is 6.41. The molecule has 2 atom stereocenters. The predicted molar refractivity (Wildman–Crippen MR) is 164 cm³/mol. The smallest absolute Gasteiger partial charge is 0.246 e. The van der Waals surface area contributed by atoms with Crippen LogP contribution < -0.4 is 21.3 Å². The van der Waals surface area contributed by atoms with Crippen LogP contribution in [0.25, 0.3) is 22.4 Å². The lowest BCUT2D eigenvalue weighted by Crippen LogP contribution is -2.44. The number of benzene rings is 1. The minimum Gasteiger partial charge on any atom is -0.364 e. The summed E-state index contributed by atoms with van der Waals surface area (Å²) in [5, 5.41) is 11.4. The highest BCUT2D eigenvalue weighted by Crippen LogP contribution is 2.42. The standard InChI is InChI=1S/C32H34F2N8O3/c1-18(38-28(44)14-35-17-43)32(45)39-23-8-4-20(5-9-23)15-42-16-25(24-11-22(33)12-37-31(24)42)29-36-13-26(34)30(41-29)40-27-10-19-2-6-21(27)7-3-19/h4-5,8-9,11-13,16-19,21,27H,2-3,6-7,10,14-15H2,1H3,(H,35,43)(H,38,44)(H,39,45)(H,36,40,41). The Labute approximate surface area is 258 Å². The summed E-state index contributed by atoms with van der Waals surface area (Å²) < 4.78 is 31.1. The largest absolute Gasteiger partial charge is 0.364 e. The second-order valence-electron chi connectivity index (χ2n) is 11.8. The van der Waals surface area contributed by atoms with E-state index in [4.69, 9.17) is 0 Å². The van der Waals surface area contributed by atoms with Crippen LogP contribution in [0, 0.1) is 23.5 Å². The van der Waals surface area contributed by atoms with Crippen LogP contribution in [-0.2, 0) is 20.9 Å². The Bertz CT molecular complexity index is 1720. The van der Waals surface area contributed by atoms with Crippen LogP contribution in [0.3, 0.4) is 0 Å². The van der Waals surface area contributed by atoms with Gasteiger partial charge in [0.05, 0.1) is 18.9 Å². The molecule has 234 valence electrons. The quantitative estimate of drug-likeness (QED) is 0.187. The van der Waals surface area contributed by atoms with E-state index in [1.807, 2.05) is 16.7 Å². The van der Waals surface area contributed by atoms with Gasteiger partial charge in [0.2, 0.25) is 18.2 Å². The summed E-state index contributed by atoms with van der Waals surface area (Å²) in [6.45, 7) is 1.69. The molecule has 45 heavy (non-hydrogen) atoms. The number of hydrogen-bond donors (Lipinski definition) is 4. The van der Waals surface area contributed by atoms with Crippen molar-refractivity contribution in [1.29, 1.82) is 0 Å². The highest BCUT2D eigenvalue weighted by molar-refractivity contribution is 5.97. The summed E-state index contributed by atoms with van der Waals surface area (Å²) in [5.74, 6) is -0.320. The number of carbonyl (C=O) groups is 3. The maximum absolute atomic E-state index is 14.9. The Morgan fingerprint density at radius 1 is 1.09 bits per heavy atom. The van der Waals surface area contributed by atoms with E-state index in [1.165, 1.54) is 25.8 Å². The number of nitrogens with zero attached hydrogens (tertiary/aromatic N) is 4. The van der Waals surface area contributed by atoms with Gasteiger partial charge in [-0.05, 0) is 61.8 Å². The second kappa shape index (κ2) is 13.0. The van der Waals surface area contributed by atoms with E-state index < -0.39 is 29.5 Å². The third-order valence-electron chi connectivity index (χ3n) is 8.73. The van der Waals surface area contributed by atoms with Gasteiger partial charge in [-0.15, -0.1) is 0 Å². The van der Waals surface area contributed by atoms with E-state index >= 15 is 0 Å². The molecule has 0 spiro atoms. The maximum Gasteiger partial charge on any atom is 0.246 e. The molecule has 3 saturated carbocycles. The van der Waals surface area contributed by atoms with Gasteiger partial charge in [-0.3, -0.25) is 14.4 Å². The summed E-state index contributed by atoms with van der Waals surface area (Å²) in [5.41, 5.74) is 2.46. The lowest BCUT2D eigenvalue weighted by atomic mass is 9.68. The summed E-state index contributed by atoms with van der Waals surface area (Å²) in [6, 6.07) is 7.86. The van der Waals surface area contributed by atoms with Crippen molar-refractivity contribution in [2.75, 3.05) is 17.2 Å². The molecule has 3 aliphatic carbocycles. The zero-order valence-corrected chi connectivity index (χ0v) is 24.7. The van der Waals surface area contributed by atoms with Crippen molar-refractivity contribution in [1.82, 2.24) is 30.2 Å². The fraction of sp³-hybridized carbons (Fsp3) is 0.375. The molecule has 11 nitrogen and oxygen atoms in total. The van der Waals surface area contributed by atoms with Crippen LogP contribution >= 0.6 is 0 Å². The average Bonchev–Trinajstić information content (AvgIpc) is 3.39. The highest BCUT2D eigenvalue weighted by Gasteiger charge is 2.36. The van der Waals surface area contributed by atoms with Crippen molar-refractivity contribution in [3.05, 3.63) is 66.1 Å². The number of halogens is 2. The zero-order valence-electron chi connectivity index (χ0n) is 24.7. The minimum atomic E-state index is -0.816. The molecule has 0 saturated heterocycles. The van der Waals surface area contributed by atoms with Crippen molar-refractivity contribution in [3.63, 3.8) is 0 Å². The first-order valence-electron chi connectivity index (χ1n) is 15.1. The summed E-state index contributed by atoms with van der Waals surface area (Å²) in [7, 11) is 0. The first-order valence-corrected chi connectivity index (χ1v) is 15.1. The summed E-state index contributed by atoms with van der Waals surface area (Å²) in [6.07, 6.45) is 10.3. The van der Waals surface area contributed by atoms with E-state index in [-0.39, 0.29) is 24.2 Å². The third kappa shape index (κ3) is 6.76.